The van der Waals surface area contributed by atoms with E-state index < -0.39 is 11.7 Å². The third-order valence-corrected chi connectivity index (χ3v) is 11.5. The molecule has 0 aliphatic heterocycles. The van der Waals surface area contributed by atoms with Crippen LogP contribution in [0.3, 0.4) is 0 Å². The highest BCUT2D eigenvalue weighted by molar-refractivity contribution is 6.12. The van der Waals surface area contributed by atoms with Crippen LogP contribution in [0.25, 0.3) is 88.4 Å². The van der Waals surface area contributed by atoms with Crippen molar-refractivity contribution < 1.29 is 13.2 Å². The molecular formula is C53H27F3N6. The van der Waals surface area contributed by atoms with E-state index in [-0.39, 0.29) is 22.3 Å². The Morgan fingerprint density at radius 3 is 1.37 bits per heavy atom. The Bertz CT molecular complexity index is 3690. The van der Waals surface area contributed by atoms with Crippen LogP contribution >= 0.6 is 0 Å². The monoisotopic (exact) mass is 804 g/mol. The number of benzene rings is 8. The van der Waals surface area contributed by atoms with Gasteiger partial charge in [-0.05, 0) is 113 Å². The molecule has 0 saturated carbocycles. The second-order valence-electron chi connectivity index (χ2n) is 14.9. The van der Waals surface area contributed by atoms with Gasteiger partial charge in [-0.3, -0.25) is 0 Å². The van der Waals surface area contributed by atoms with Crippen molar-refractivity contribution in [1.29, 1.82) is 21.0 Å². The van der Waals surface area contributed by atoms with Gasteiger partial charge in [0.25, 0.3) is 0 Å². The minimum absolute atomic E-state index is 0.139. The third kappa shape index (κ3) is 6.01. The highest BCUT2D eigenvalue weighted by Crippen LogP contribution is 2.45. The van der Waals surface area contributed by atoms with Crippen LogP contribution in [0.15, 0.2) is 164 Å². The highest BCUT2D eigenvalue weighted by atomic mass is 19.4. The lowest BCUT2D eigenvalue weighted by Crippen LogP contribution is -2.10. The number of aromatic nitrogens is 2. The molecule has 0 fully saturated rings. The zero-order valence-electron chi connectivity index (χ0n) is 32.4. The van der Waals surface area contributed by atoms with Crippen molar-refractivity contribution in [2.24, 2.45) is 0 Å². The van der Waals surface area contributed by atoms with Crippen LogP contribution in [0, 0.1) is 45.3 Å². The van der Waals surface area contributed by atoms with Crippen LogP contribution in [-0.2, 0) is 6.18 Å². The molecule has 9 heteroatoms. The first-order valence-corrected chi connectivity index (χ1v) is 19.5. The van der Waals surface area contributed by atoms with E-state index in [0.717, 1.165) is 60.9 Å². The zero-order valence-corrected chi connectivity index (χ0v) is 32.4. The van der Waals surface area contributed by atoms with Crippen molar-refractivity contribution in [3.8, 4) is 69.0 Å². The fourth-order valence-electron chi connectivity index (χ4n) is 8.70. The number of alkyl halides is 3. The number of rotatable bonds is 5. The maximum atomic E-state index is 15.2. The molecule has 290 valence electrons. The Kier molecular flexibility index (Phi) is 8.70. The number of halogens is 3. The largest absolute Gasteiger partial charge is 0.417 e. The summed E-state index contributed by atoms with van der Waals surface area (Å²) in [6.45, 7) is 0. The Morgan fingerprint density at radius 1 is 0.371 bits per heavy atom. The number of nitriles is 4. The molecule has 2 aromatic heterocycles. The van der Waals surface area contributed by atoms with Gasteiger partial charge in [-0.15, -0.1) is 0 Å². The van der Waals surface area contributed by atoms with Crippen molar-refractivity contribution in [3.05, 3.63) is 192 Å². The maximum Gasteiger partial charge on any atom is 0.417 e. The zero-order chi connectivity index (χ0) is 42.7. The Balaban J connectivity index is 1.29. The number of fused-ring (bicyclic) bond motifs is 6. The molecule has 0 saturated heterocycles. The van der Waals surface area contributed by atoms with Crippen molar-refractivity contribution in [1.82, 2.24) is 9.13 Å². The summed E-state index contributed by atoms with van der Waals surface area (Å²) < 4.78 is 49.5. The quantitative estimate of drug-likeness (QED) is 0.173. The van der Waals surface area contributed by atoms with Gasteiger partial charge < -0.3 is 9.13 Å². The van der Waals surface area contributed by atoms with Crippen molar-refractivity contribution in [2.45, 2.75) is 6.18 Å². The molecule has 0 amide bonds. The summed E-state index contributed by atoms with van der Waals surface area (Å²) in [6, 6.07) is 57.1. The van der Waals surface area contributed by atoms with Gasteiger partial charge in [-0.2, -0.15) is 34.2 Å². The molecule has 0 spiro atoms. The summed E-state index contributed by atoms with van der Waals surface area (Å²) in [6.07, 6.45) is -4.84. The molecule has 8 aromatic carbocycles. The lowest BCUT2D eigenvalue weighted by molar-refractivity contribution is -0.137. The molecule has 0 aliphatic rings. The molecule has 0 atom stereocenters. The van der Waals surface area contributed by atoms with Gasteiger partial charge in [-0.25, -0.2) is 0 Å². The van der Waals surface area contributed by atoms with Crippen molar-refractivity contribution in [2.75, 3.05) is 0 Å². The van der Waals surface area contributed by atoms with E-state index in [0.29, 0.717) is 33.5 Å². The Hall–Kier alpha value is -8.89. The van der Waals surface area contributed by atoms with Crippen LogP contribution in [0.4, 0.5) is 13.2 Å². The van der Waals surface area contributed by atoms with E-state index in [2.05, 4.69) is 18.2 Å². The van der Waals surface area contributed by atoms with Crippen LogP contribution in [0.1, 0.15) is 27.8 Å². The SMILES string of the molecule is N#Cc1cccc(-c2ccc3c(c2)c2ccccc2n3-c2cc(-c3ccc(C#N)cc3C(F)(F)F)c(-n3c4ccccc4c4cc(-c5cccc(C#N)c5)ccc43)cc2C#N)c1. The summed E-state index contributed by atoms with van der Waals surface area (Å²) in [5.41, 5.74) is 7.13. The molecular weight excluding hydrogens is 778 g/mol. The van der Waals surface area contributed by atoms with Gasteiger partial charge in [0.1, 0.15) is 6.07 Å². The van der Waals surface area contributed by atoms with E-state index in [1.807, 2.05) is 137 Å². The van der Waals surface area contributed by atoms with Crippen LogP contribution < -0.4 is 0 Å². The average molecular weight is 805 g/mol. The lowest BCUT2D eigenvalue weighted by atomic mass is 9.93. The second-order valence-corrected chi connectivity index (χ2v) is 14.9. The molecule has 6 nitrogen and oxygen atoms in total. The van der Waals surface area contributed by atoms with Gasteiger partial charge in [0, 0.05) is 27.1 Å². The first kappa shape index (κ1) is 37.4. The minimum atomic E-state index is -4.84. The first-order chi connectivity index (χ1) is 30.2. The maximum absolute atomic E-state index is 15.2. The number of hydrogen-bond acceptors (Lipinski definition) is 4. The van der Waals surface area contributed by atoms with Crippen molar-refractivity contribution in [3.63, 3.8) is 0 Å². The molecule has 0 aliphatic carbocycles. The molecule has 0 bridgehead atoms. The molecule has 62 heavy (non-hydrogen) atoms. The van der Waals surface area contributed by atoms with Gasteiger partial charge >= 0.3 is 6.18 Å². The van der Waals surface area contributed by atoms with Crippen LogP contribution in [-0.4, -0.2) is 9.13 Å². The Labute approximate surface area is 352 Å². The third-order valence-electron chi connectivity index (χ3n) is 11.5. The predicted octanol–water partition coefficient (Wildman–Crippen LogP) is 13.4. The summed E-state index contributed by atoms with van der Waals surface area (Å²) in [5, 5.41) is 43.3. The molecule has 0 unspecified atom stereocenters. The van der Waals surface area contributed by atoms with Gasteiger partial charge in [0.15, 0.2) is 0 Å². The van der Waals surface area contributed by atoms with Crippen LogP contribution in [0.2, 0.25) is 0 Å². The summed E-state index contributed by atoms with van der Waals surface area (Å²) in [7, 11) is 0. The first-order valence-electron chi connectivity index (χ1n) is 19.5. The van der Waals surface area contributed by atoms with Gasteiger partial charge in [-0.1, -0.05) is 78.9 Å². The van der Waals surface area contributed by atoms with E-state index >= 15 is 13.2 Å². The topological polar surface area (TPSA) is 105 Å². The van der Waals surface area contributed by atoms with E-state index in [9.17, 15) is 21.0 Å². The fourth-order valence-corrected chi connectivity index (χ4v) is 8.70. The molecule has 10 aromatic rings. The smallest absolute Gasteiger partial charge is 0.309 e. The van der Waals surface area contributed by atoms with Crippen molar-refractivity contribution >= 4 is 43.6 Å². The number of para-hydroxylation sites is 2. The molecule has 10 rings (SSSR count). The van der Waals surface area contributed by atoms with E-state index in [4.69, 9.17) is 0 Å². The number of nitrogens with zero attached hydrogens (tertiary/aromatic N) is 6. The molecule has 0 radical (unpaired) electrons. The minimum Gasteiger partial charge on any atom is -0.309 e. The van der Waals surface area contributed by atoms with E-state index in [1.54, 1.807) is 24.3 Å². The second kappa shape index (κ2) is 14.4. The molecule has 2 heterocycles. The highest BCUT2D eigenvalue weighted by Gasteiger charge is 2.35. The summed E-state index contributed by atoms with van der Waals surface area (Å²) in [5.74, 6) is 0. The molecule has 0 N–H and O–H groups in total. The number of hydrogen-bond donors (Lipinski definition) is 0. The van der Waals surface area contributed by atoms with Gasteiger partial charge in [0.2, 0.25) is 0 Å². The summed E-state index contributed by atoms with van der Waals surface area (Å²) in [4.78, 5) is 0. The average Bonchev–Trinajstić information content (AvgIpc) is 3.82. The Morgan fingerprint density at radius 2 is 0.855 bits per heavy atom. The lowest BCUT2D eigenvalue weighted by Gasteiger charge is -2.21. The standard InChI is InChI=1S/C53H27F3N6/c54-53(55,56)46-23-34(30-59)15-18-40(46)45-27-51(61-47-13-3-1-11-41(47)43-24-37(16-19-49(43)61)35-9-5-7-32(21-35)28-57)39(31-60)26-52(45)62-48-14-4-2-12-42(48)44-25-38(17-20-50(44)62)36-10-6-8-33(22-36)29-58/h1-27H. The van der Waals surface area contributed by atoms with Crippen LogP contribution in [0.5, 0.6) is 0 Å². The summed E-state index contributed by atoms with van der Waals surface area (Å²) >= 11 is 0. The van der Waals surface area contributed by atoms with E-state index in [1.165, 1.54) is 12.1 Å². The van der Waals surface area contributed by atoms with Gasteiger partial charge in [0.05, 0.1) is 79.5 Å². The normalized spacial score (nSPS) is 11.4. The fraction of sp³-hybridized carbons (Fsp3) is 0.0189. The predicted molar refractivity (Wildman–Crippen MR) is 235 cm³/mol.